The molecule has 172 valence electrons. The Morgan fingerprint density at radius 2 is 1.65 bits per heavy atom. The van der Waals surface area contributed by atoms with Crippen molar-refractivity contribution >= 4 is 69.0 Å². The fraction of sp³-hybridized carbons (Fsp3) is 0.115. The molecule has 1 heterocycles. The Kier molecular flexibility index (Phi) is 6.77. The smallest absolute Gasteiger partial charge is 0.283 e. The number of carbonyl (C=O) groups excluding carboxylic acids is 3. The van der Waals surface area contributed by atoms with E-state index in [0.717, 1.165) is 30.8 Å². The highest BCUT2D eigenvalue weighted by atomic mass is 127. The molecule has 0 spiro atoms. The van der Waals surface area contributed by atoms with E-state index in [9.17, 15) is 14.4 Å². The van der Waals surface area contributed by atoms with Crippen molar-refractivity contribution in [3.8, 4) is 0 Å². The summed E-state index contributed by atoms with van der Waals surface area (Å²) >= 11 is 8.47. The van der Waals surface area contributed by atoms with Gasteiger partial charge in [0.1, 0.15) is 10.7 Å². The summed E-state index contributed by atoms with van der Waals surface area (Å²) in [5, 5.41) is 5.63. The first-order valence-electron chi connectivity index (χ1n) is 10.5. The largest absolute Gasteiger partial charge is 0.350 e. The maximum absolute atomic E-state index is 13.1. The topological polar surface area (TPSA) is 78.5 Å². The molecular weight excluding hydrogens is 565 g/mol. The number of benzene rings is 3. The lowest BCUT2D eigenvalue weighted by Crippen LogP contribution is -2.32. The normalized spacial score (nSPS) is 13.5. The predicted octanol–water partition coefficient (Wildman–Crippen LogP) is 5.90. The number of amides is 3. The molecule has 0 aliphatic carbocycles. The summed E-state index contributed by atoms with van der Waals surface area (Å²) in [7, 11) is 0. The molecule has 1 aliphatic rings. The van der Waals surface area contributed by atoms with E-state index in [2.05, 4.69) is 33.2 Å². The minimum absolute atomic E-state index is 0.0315. The Hall–Kier alpha value is -3.17. The van der Waals surface area contributed by atoms with Crippen LogP contribution in [0.15, 0.2) is 71.4 Å². The standard InChI is InChI=1S/C26H21ClIN3O3/c1-14-7-9-20(12-15(14)2)31-25(33)22(27)23(26(31)34)29-19-6-4-5-17(13-19)24(32)30-21-10-8-18(28)11-16(21)3/h4-13,29H,1-3H3,(H,30,32). The van der Waals surface area contributed by atoms with Crippen molar-refractivity contribution in [3.05, 3.63) is 97.2 Å². The Labute approximate surface area is 216 Å². The van der Waals surface area contributed by atoms with Crippen molar-refractivity contribution in [3.63, 3.8) is 0 Å². The summed E-state index contributed by atoms with van der Waals surface area (Å²) in [5.74, 6) is -1.44. The second-order valence-corrected chi connectivity index (χ2v) is 9.65. The number of halogens is 2. The molecule has 3 aromatic rings. The van der Waals surface area contributed by atoms with Crippen molar-refractivity contribution in [2.75, 3.05) is 15.5 Å². The van der Waals surface area contributed by atoms with Crippen LogP contribution in [0.4, 0.5) is 17.1 Å². The molecule has 0 aromatic heterocycles. The zero-order valence-corrected chi connectivity index (χ0v) is 21.6. The molecule has 0 radical (unpaired) electrons. The fourth-order valence-corrected chi connectivity index (χ4v) is 4.41. The van der Waals surface area contributed by atoms with Crippen LogP contribution in [0.5, 0.6) is 0 Å². The highest BCUT2D eigenvalue weighted by Crippen LogP contribution is 2.31. The van der Waals surface area contributed by atoms with E-state index in [1.165, 1.54) is 0 Å². The van der Waals surface area contributed by atoms with E-state index in [4.69, 9.17) is 11.6 Å². The number of rotatable bonds is 5. The first-order chi connectivity index (χ1) is 16.2. The van der Waals surface area contributed by atoms with Gasteiger partial charge >= 0.3 is 0 Å². The van der Waals surface area contributed by atoms with Crippen molar-refractivity contribution in [2.45, 2.75) is 20.8 Å². The van der Waals surface area contributed by atoms with Gasteiger partial charge < -0.3 is 10.6 Å². The van der Waals surface area contributed by atoms with Gasteiger partial charge in [-0.25, -0.2) is 4.90 Å². The van der Waals surface area contributed by atoms with Crippen LogP contribution < -0.4 is 15.5 Å². The van der Waals surface area contributed by atoms with E-state index in [1.807, 2.05) is 45.0 Å². The molecule has 6 nitrogen and oxygen atoms in total. The molecule has 0 fully saturated rings. The van der Waals surface area contributed by atoms with Crippen LogP contribution >= 0.6 is 34.2 Å². The molecule has 0 saturated carbocycles. The van der Waals surface area contributed by atoms with Gasteiger partial charge in [0, 0.05) is 20.5 Å². The summed E-state index contributed by atoms with van der Waals surface area (Å²) in [6.07, 6.45) is 0. The molecule has 4 rings (SSSR count). The van der Waals surface area contributed by atoms with Gasteiger partial charge in [0.05, 0.1) is 5.69 Å². The monoisotopic (exact) mass is 585 g/mol. The van der Waals surface area contributed by atoms with E-state index >= 15 is 0 Å². The van der Waals surface area contributed by atoms with Crippen LogP contribution in [0.3, 0.4) is 0 Å². The maximum Gasteiger partial charge on any atom is 0.283 e. The number of carbonyl (C=O) groups is 3. The van der Waals surface area contributed by atoms with Crippen LogP contribution in [0, 0.1) is 24.3 Å². The van der Waals surface area contributed by atoms with Crippen molar-refractivity contribution in [2.24, 2.45) is 0 Å². The summed E-state index contributed by atoms with van der Waals surface area (Å²) < 4.78 is 1.08. The summed E-state index contributed by atoms with van der Waals surface area (Å²) in [5.41, 5.74) is 4.95. The third kappa shape index (κ3) is 4.71. The van der Waals surface area contributed by atoms with Crippen molar-refractivity contribution in [1.82, 2.24) is 0 Å². The zero-order valence-electron chi connectivity index (χ0n) is 18.7. The summed E-state index contributed by atoms with van der Waals surface area (Å²) in [6.45, 7) is 5.79. The van der Waals surface area contributed by atoms with Crippen LogP contribution in [-0.4, -0.2) is 17.7 Å². The third-order valence-electron chi connectivity index (χ3n) is 5.61. The predicted molar refractivity (Wildman–Crippen MR) is 143 cm³/mol. The second-order valence-electron chi connectivity index (χ2n) is 8.02. The Morgan fingerprint density at radius 1 is 0.882 bits per heavy atom. The minimum atomic E-state index is -0.597. The molecule has 3 aromatic carbocycles. The van der Waals surface area contributed by atoms with E-state index in [-0.39, 0.29) is 16.6 Å². The van der Waals surface area contributed by atoms with Gasteiger partial charge in [-0.2, -0.15) is 0 Å². The molecule has 0 unspecified atom stereocenters. The molecular formula is C26H21ClIN3O3. The lowest BCUT2D eigenvalue weighted by Gasteiger charge is -2.16. The molecule has 3 amide bonds. The van der Waals surface area contributed by atoms with Crippen LogP contribution in [0.1, 0.15) is 27.0 Å². The number of anilines is 3. The van der Waals surface area contributed by atoms with Gasteiger partial charge in [-0.15, -0.1) is 0 Å². The van der Waals surface area contributed by atoms with Gasteiger partial charge in [0.2, 0.25) is 0 Å². The van der Waals surface area contributed by atoms with Crippen LogP contribution in [0.2, 0.25) is 0 Å². The molecule has 1 aliphatic heterocycles. The summed E-state index contributed by atoms with van der Waals surface area (Å²) in [6, 6.07) is 17.7. The Balaban J connectivity index is 1.55. The van der Waals surface area contributed by atoms with Gasteiger partial charge in [0.25, 0.3) is 17.7 Å². The molecule has 0 atom stereocenters. The number of hydrogen-bond acceptors (Lipinski definition) is 4. The molecule has 0 bridgehead atoms. The third-order valence-corrected chi connectivity index (χ3v) is 6.63. The highest BCUT2D eigenvalue weighted by Gasteiger charge is 2.39. The first-order valence-corrected chi connectivity index (χ1v) is 11.9. The van der Waals surface area contributed by atoms with E-state index in [0.29, 0.717) is 16.9 Å². The fourth-order valence-electron chi connectivity index (χ4n) is 3.55. The first kappa shape index (κ1) is 24.0. The summed E-state index contributed by atoms with van der Waals surface area (Å²) in [4.78, 5) is 39.7. The Bertz CT molecular complexity index is 1380. The lowest BCUT2D eigenvalue weighted by atomic mass is 10.1. The van der Waals surface area contributed by atoms with Gasteiger partial charge in [-0.3, -0.25) is 14.4 Å². The van der Waals surface area contributed by atoms with E-state index in [1.54, 1.807) is 36.4 Å². The number of nitrogens with zero attached hydrogens (tertiary/aromatic N) is 1. The number of nitrogens with one attached hydrogen (secondary N) is 2. The highest BCUT2D eigenvalue weighted by molar-refractivity contribution is 14.1. The van der Waals surface area contributed by atoms with Gasteiger partial charge in [-0.1, -0.05) is 23.7 Å². The minimum Gasteiger partial charge on any atom is -0.350 e. The number of imide groups is 1. The van der Waals surface area contributed by atoms with E-state index < -0.39 is 11.8 Å². The average Bonchev–Trinajstić information content (AvgIpc) is 3.01. The zero-order chi connectivity index (χ0) is 24.6. The number of aryl methyl sites for hydroxylation is 3. The lowest BCUT2D eigenvalue weighted by molar-refractivity contribution is -0.120. The Morgan fingerprint density at radius 3 is 2.35 bits per heavy atom. The van der Waals surface area contributed by atoms with Crippen LogP contribution in [-0.2, 0) is 9.59 Å². The van der Waals surface area contributed by atoms with Crippen LogP contribution in [0.25, 0.3) is 0 Å². The van der Waals surface area contributed by atoms with Gasteiger partial charge in [-0.05, 0) is 109 Å². The maximum atomic E-state index is 13.1. The quantitative estimate of drug-likeness (QED) is 0.289. The van der Waals surface area contributed by atoms with Crippen molar-refractivity contribution < 1.29 is 14.4 Å². The molecule has 34 heavy (non-hydrogen) atoms. The molecule has 0 saturated heterocycles. The van der Waals surface area contributed by atoms with Crippen molar-refractivity contribution in [1.29, 1.82) is 0 Å². The second kappa shape index (κ2) is 9.60. The SMILES string of the molecule is Cc1ccc(N2C(=O)C(Cl)=C(Nc3cccc(C(=O)Nc4ccc(I)cc4C)c3)C2=O)cc1C. The molecule has 2 N–H and O–H groups in total. The molecule has 8 heteroatoms. The number of hydrogen-bond donors (Lipinski definition) is 2. The average molecular weight is 586 g/mol. The van der Waals surface area contributed by atoms with Gasteiger partial charge in [0.15, 0.2) is 0 Å².